The molecule has 6 heteroatoms. The van der Waals surface area contributed by atoms with E-state index in [9.17, 15) is 14.4 Å². The van der Waals surface area contributed by atoms with Crippen molar-refractivity contribution in [3.05, 3.63) is 0 Å². The van der Waals surface area contributed by atoms with Crippen LogP contribution in [0.25, 0.3) is 0 Å². The predicted octanol–water partition coefficient (Wildman–Crippen LogP) is 1.50. The van der Waals surface area contributed by atoms with E-state index in [4.69, 9.17) is 5.11 Å². The third kappa shape index (κ3) is 8.55. The Bertz CT molecular complexity index is 302. The Hall–Kier alpha value is -1.59. The quantitative estimate of drug-likeness (QED) is 0.603. The van der Waals surface area contributed by atoms with Gasteiger partial charge in [0.1, 0.15) is 0 Å². The molecular formula is C12H22N2O4. The molecule has 3 N–H and O–H groups in total. The van der Waals surface area contributed by atoms with Crippen LogP contribution in [0.3, 0.4) is 0 Å². The number of carbonyl (C=O) groups is 3. The summed E-state index contributed by atoms with van der Waals surface area (Å²) in [6.45, 7) is 5.80. The Morgan fingerprint density at radius 2 is 1.61 bits per heavy atom. The van der Waals surface area contributed by atoms with Crippen molar-refractivity contribution in [3.8, 4) is 0 Å². The van der Waals surface area contributed by atoms with E-state index in [1.165, 1.54) is 0 Å². The van der Waals surface area contributed by atoms with Crippen LogP contribution in [0.1, 0.15) is 46.5 Å². The lowest BCUT2D eigenvalue weighted by atomic mass is 10.1. The van der Waals surface area contributed by atoms with Crippen molar-refractivity contribution in [2.45, 2.75) is 52.5 Å². The molecule has 0 fully saturated rings. The highest BCUT2D eigenvalue weighted by Gasteiger charge is 2.12. The van der Waals surface area contributed by atoms with Crippen LogP contribution < -0.4 is 10.6 Å². The highest BCUT2D eigenvalue weighted by molar-refractivity contribution is 5.94. The molecule has 0 saturated carbocycles. The van der Waals surface area contributed by atoms with Gasteiger partial charge in [-0.2, -0.15) is 0 Å². The summed E-state index contributed by atoms with van der Waals surface area (Å²) in [5, 5.41) is 13.3. The SMILES string of the molecule is CC(C)C(C)NC(=O)NC(=O)CCCCC(=O)O. The van der Waals surface area contributed by atoms with Gasteiger partial charge in [-0.25, -0.2) is 4.79 Å². The number of aliphatic carboxylic acids is 1. The van der Waals surface area contributed by atoms with Crippen molar-refractivity contribution in [2.75, 3.05) is 0 Å². The second kappa shape index (κ2) is 8.49. The molecule has 0 bridgehead atoms. The van der Waals surface area contributed by atoms with Crippen LogP contribution in [0.15, 0.2) is 0 Å². The molecule has 0 rings (SSSR count). The third-order valence-electron chi connectivity index (χ3n) is 2.66. The first kappa shape index (κ1) is 16.4. The first-order chi connectivity index (χ1) is 8.32. The fourth-order valence-corrected chi connectivity index (χ4v) is 1.16. The smallest absolute Gasteiger partial charge is 0.321 e. The fourth-order valence-electron chi connectivity index (χ4n) is 1.16. The number of imide groups is 1. The number of urea groups is 1. The number of rotatable bonds is 7. The zero-order valence-corrected chi connectivity index (χ0v) is 11.2. The maximum Gasteiger partial charge on any atom is 0.321 e. The number of carboxylic acid groups (broad SMARTS) is 1. The van der Waals surface area contributed by atoms with Gasteiger partial charge < -0.3 is 10.4 Å². The monoisotopic (exact) mass is 258 g/mol. The van der Waals surface area contributed by atoms with Crippen LogP contribution in [0, 0.1) is 5.92 Å². The van der Waals surface area contributed by atoms with Crippen molar-refractivity contribution < 1.29 is 19.5 Å². The second-order valence-electron chi connectivity index (χ2n) is 4.66. The summed E-state index contributed by atoms with van der Waals surface area (Å²) < 4.78 is 0. The summed E-state index contributed by atoms with van der Waals surface area (Å²) in [5.74, 6) is -0.964. The van der Waals surface area contributed by atoms with E-state index in [1.807, 2.05) is 20.8 Å². The van der Waals surface area contributed by atoms with E-state index in [1.54, 1.807) is 0 Å². The van der Waals surface area contributed by atoms with E-state index in [0.717, 1.165) is 0 Å². The number of unbranched alkanes of at least 4 members (excludes halogenated alkanes) is 1. The molecule has 0 aliphatic rings. The molecule has 18 heavy (non-hydrogen) atoms. The molecule has 104 valence electrons. The lowest BCUT2D eigenvalue weighted by Gasteiger charge is -2.17. The van der Waals surface area contributed by atoms with Crippen LogP contribution in [0.5, 0.6) is 0 Å². The molecule has 0 spiro atoms. The van der Waals surface area contributed by atoms with Gasteiger partial charge in [-0.1, -0.05) is 13.8 Å². The van der Waals surface area contributed by atoms with Gasteiger partial charge in [0, 0.05) is 18.9 Å². The first-order valence-corrected chi connectivity index (χ1v) is 6.15. The molecule has 0 aromatic heterocycles. The van der Waals surface area contributed by atoms with Crippen LogP contribution in [0.4, 0.5) is 4.79 Å². The van der Waals surface area contributed by atoms with Gasteiger partial charge in [0.2, 0.25) is 5.91 Å². The van der Waals surface area contributed by atoms with Gasteiger partial charge in [-0.3, -0.25) is 14.9 Å². The van der Waals surface area contributed by atoms with Crippen molar-refractivity contribution in [2.24, 2.45) is 5.92 Å². The van der Waals surface area contributed by atoms with E-state index < -0.39 is 12.0 Å². The standard InChI is InChI=1S/C12H22N2O4/c1-8(2)9(3)13-12(18)14-10(15)6-4-5-7-11(16)17/h8-9H,4-7H2,1-3H3,(H,16,17)(H2,13,14,15,18). The van der Waals surface area contributed by atoms with Crippen LogP contribution in [-0.4, -0.2) is 29.1 Å². The van der Waals surface area contributed by atoms with Gasteiger partial charge in [-0.05, 0) is 25.7 Å². The second-order valence-corrected chi connectivity index (χ2v) is 4.66. The summed E-state index contributed by atoms with van der Waals surface area (Å²) in [6.07, 6.45) is 1.11. The highest BCUT2D eigenvalue weighted by atomic mass is 16.4. The van der Waals surface area contributed by atoms with Gasteiger partial charge in [0.05, 0.1) is 0 Å². The largest absolute Gasteiger partial charge is 0.481 e. The molecule has 0 saturated heterocycles. The highest BCUT2D eigenvalue weighted by Crippen LogP contribution is 2.01. The maximum absolute atomic E-state index is 11.4. The zero-order valence-electron chi connectivity index (χ0n) is 11.2. The van der Waals surface area contributed by atoms with Gasteiger partial charge in [0.25, 0.3) is 0 Å². The predicted molar refractivity (Wildman–Crippen MR) is 67.1 cm³/mol. The summed E-state index contributed by atoms with van der Waals surface area (Å²) in [6, 6.07) is -0.510. The van der Waals surface area contributed by atoms with Crippen molar-refractivity contribution >= 4 is 17.9 Å². The Labute approximate surface area is 107 Å². The normalized spacial score (nSPS) is 12.0. The van der Waals surface area contributed by atoms with Crippen molar-refractivity contribution in [3.63, 3.8) is 0 Å². The molecule has 0 aliphatic carbocycles. The Kier molecular flexibility index (Phi) is 7.74. The van der Waals surface area contributed by atoms with Crippen LogP contribution in [-0.2, 0) is 9.59 Å². The molecule has 1 atom stereocenters. The molecular weight excluding hydrogens is 236 g/mol. The van der Waals surface area contributed by atoms with E-state index in [-0.39, 0.29) is 24.8 Å². The minimum atomic E-state index is -0.876. The Morgan fingerprint density at radius 1 is 1.06 bits per heavy atom. The zero-order chi connectivity index (χ0) is 14.1. The molecule has 0 aromatic rings. The Morgan fingerprint density at radius 3 is 2.11 bits per heavy atom. The fraction of sp³-hybridized carbons (Fsp3) is 0.750. The van der Waals surface area contributed by atoms with E-state index in [2.05, 4.69) is 10.6 Å². The summed E-state index contributed by atoms with van der Waals surface area (Å²) in [5.41, 5.74) is 0. The summed E-state index contributed by atoms with van der Waals surface area (Å²) >= 11 is 0. The average molecular weight is 258 g/mol. The van der Waals surface area contributed by atoms with Crippen LogP contribution in [0.2, 0.25) is 0 Å². The minimum Gasteiger partial charge on any atom is -0.481 e. The van der Waals surface area contributed by atoms with E-state index >= 15 is 0 Å². The van der Waals surface area contributed by atoms with Crippen molar-refractivity contribution in [1.82, 2.24) is 10.6 Å². The number of carbonyl (C=O) groups excluding carboxylic acids is 2. The number of nitrogens with one attached hydrogen (secondary N) is 2. The Balaban J connectivity index is 3.74. The number of amides is 3. The van der Waals surface area contributed by atoms with E-state index in [0.29, 0.717) is 18.8 Å². The molecule has 0 aromatic carbocycles. The molecule has 3 amide bonds. The number of carboxylic acids is 1. The average Bonchev–Trinajstić information content (AvgIpc) is 2.23. The lowest BCUT2D eigenvalue weighted by Crippen LogP contribution is -2.45. The topological polar surface area (TPSA) is 95.5 Å². The summed E-state index contributed by atoms with van der Waals surface area (Å²) in [7, 11) is 0. The number of hydrogen-bond donors (Lipinski definition) is 3. The van der Waals surface area contributed by atoms with Gasteiger partial charge >= 0.3 is 12.0 Å². The maximum atomic E-state index is 11.4. The third-order valence-corrected chi connectivity index (χ3v) is 2.66. The van der Waals surface area contributed by atoms with Crippen LogP contribution >= 0.6 is 0 Å². The molecule has 0 heterocycles. The molecule has 6 nitrogen and oxygen atoms in total. The van der Waals surface area contributed by atoms with Gasteiger partial charge in [-0.15, -0.1) is 0 Å². The molecule has 0 aliphatic heterocycles. The molecule has 1 unspecified atom stereocenters. The first-order valence-electron chi connectivity index (χ1n) is 6.15. The summed E-state index contributed by atoms with van der Waals surface area (Å²) in [4.78, 5) is 32.9. The lowest BCUT2D eigenvalue weighted by molar-refractivity contribution is -0.137. The molecule has 0 radical (unpaired) electrons. The number of hydrogen-bond acceptors (Lipinski definition) is 3. The van der Waals surface area contributed by atoms with Crippen molar-refractivity contribution in [1.29, 1.82) is 0 Å². The minimum absolute atomic E-state index is 0.00943. The van der Waals surface area contributed by atoms with Gasteiger partial charge in [0.15, 0.2) is 0 Å².